The van der Waals surface area contributed by atoms with Gasteiger partial charge in [0, 0.05) is 12.6 Å². The number of nitrogens with zero attached hydrogens (tertiary/aromatic N) is 3. The van der Waals surface area contributed by atoms with Crippen molar-refractivity contribution in [3.05, 3.63) is 41.2 Å². The van der Waals surface area contributed by atoms with Crippen LogP contribution in [0.25, 0.3) is 0 Å². The van der Waals surface area contributed by atoms with E-state index in [1.165, 1.54) is 6.92 Å². The third-order valence-corrected chi connectivity index (χ3v) is 4.12. The number of carboxylic acids is 1. The predicted octanol–water partition coefficient (Wildman–Crippen LogP) is 2.60. The minimum absolute atomic E-state index is 0.502. The van der Waals surface area contributed by atoms with Crippen LogP contribution in [0.5, 0.6) is 5.75 Å². The van der Waals surface area contributed by atoms with Gasteiger partial charge in [-0.1, -0.05) is 25.5 Å². The normalized spacial score (nSPS) is 14.3. The average Bonchev–Trinajstić information content (AvgIpc) is 2.91. The Bertz CT molecular complexity index is 826. The molecule has 0 saturated carbocycles. The van der Waals surface area contributed by atoms with E-state index in [1.807, 2.05) is 23.9 Å². The molecule has 1 aliphatic rings. The number of fused-ring (bicyclic) bond motifs is 1. The van der Waals surface area contributed by atoms with E-state index in [0.29, 0.717) is 12.3 Å². The van der Waals surface area contributed by atoms with Gasteiger partial charge >= 0.3 is 5.97 Å². The fourth-order valence-corrected chi connectivity index (χ4v) is 2.80. The zero-order valence-corrected chi connectivity index (χ0v) is 14.6. The smallest absolute Gasteiger partial charge is 0.344 e. The minimum atomic E-state index is -0.997. The number of ether oxygens (including phenoxy) is 1. The van der Waals surface area contributed by atoms with Gasteiger partial charge in [0.25, 0.3) is 0 Å². The van der Waals surface area contributed by atoms with Gasteiger partial charge in [0.1, 0.15) is 11.6 Å². The highest BCUT2D eigenvalue weighted by atomic mass is 16.5. The fraction of sp³-hybridized carbons (Fsp3) is 0.389. The summed E-state index contributed by atoms with van der Waals surface area (Å²) in [5, 5.41) is 16.9. The summed E-state index contributed by atoms with van der Waals surface area (Å²) < 4.78 is 7.32. The number of benzene rings is 1. The first kappa shape index (κ1) is 17.0. The van der Waals surface area contributed by atoms with Gasteiger partial charge in [-0.15, -0.1) is 0 Å². The largest absolute Gasteiger partial charge is 0.479 e. The number of hydrogen-bond donors (Lipinski definition) is 2. The van der Waals surface area contributed by atoms with E-state index in [2.05, 4.69) is 22.3 Å². The molecular formula is C18H22N4O3. The quantitative estimate of drug-likeness (QED) is 0.842. The van der Waals surface area contributed by atoms with Gasteiger partial charge < -0.3 is 15.2 Å². The van der Waals surface area contributed by atoms with Gasteiger partial charge in [0.2, 0.25) is 0 Å². The molecule has 1 aromatic heterocycles. The second kappa shape index (κ2) is 6.96. The second-order valence-electron chi connectivity index (χ2n) is 6.06. The van der Waals surface area contributed by atoms with Crippen LogP contribution in [0.2, 0.25) is 0 Å². The lowest BCUT2D eigenvalue weighted by molar-refractivity contribution is -0.144. The molecule has 7 nitrogen and oxygen atoms in total. The monoisotopic (exact) mass is 342 g/mol. The maximum absolute atomic E-state index is 11.0. The maximum Gasteiger partial charge on any atom is 0.344 e. The molecule has 1 unspecified atom stereocenters. The first-order chi connectivity index (χ1) is 12.0. The molecule has 132 valence electrons. The second-order valence-corrected chi connectivity index (χ2v) is 6.06. The van der Waals surface area contributed by atoms with Crippen molar-refractivity contribution in [1.82, 2.24) is 9.78 Å². The summed E-state index contributed by atoms with van der Waals surface area (Å²) in [4.78, 5) is 15.6. The molecule has 0 bridgehead atoms. The van der Waals surface area contributed by atoms with Gasteiger partial charge in [0.15, 0.2) is 6.10 Å². The summed E-state index contributed by atoms with van der Waals surface area (Å²) in [7, 11) is 1.93. The molecule has 2 heterocycles. The van der Waals surface area contributed by atoms with Gasteiger partial charge in [-0.05, 0) is 25.5 Å². The summed E-state index contributed by atoms with van der Waals surface area (Å²) in [5.41, 5.74) is 3.99. The number of carboxylic acid groups (broad SMARTS) is 1. The molecule has 25 heavy (non-hydrogen) atoms. The average molecular weight is 342 g/mol. The zero-order valence-electron chi connectivity index (χ0n) is 14.6. The van der Waals surface area contributed by atoms with Crippen molar-refractivity contribution < 1.29 is 14.6 Å². The molecule has 0 spiro atoms. The van der Waals surface area contributed by atoms with Gasteiger partial charge in [-0.2, -0.15) is 5.10 Å². The van der Waals surface area contributed by atoms with Crippen LogP contribution in [-0.4, -0.2) is 32.8 Å². The molecule has 0 fully saturated rings. The van der Waals surface area contributed by atoms with Crippen LogP contribution in [-0.2, 0) is 24.8 Å². The fourth-order valence-electron chi connectivity index (χ4n) is 2.80. The molecule has 0 saturated heterocycles. The summed E-state index contributed by atoms with van der Waals surface area (Å²) >= 11 is 0. The first-order valence-corrected chi connectivity index (χ1v) is 8.35. The van der Waals surface area contributed by atoms with Gasteiger partial charge in [-0.25, -0.2) is 4.79 Å². The van der Waals surface area contributed by atoms with Crippen molar-refractivity contribution in [2.24, 2.45) is 12.0 Å². The number of rotatable bonds is 6. The molecule has 0 amide bonds. The summed E-state index contributed by atoms with van der Waals surface area (Å²) in [6.07, 6.45) is 1.02. The van der Waals surface area contributed by atoms with E-state index in [1.54, 1.807) is 12.1 Å². The van der Waals surface area contributed by atoms with Crippen molar-refractivity contribution in [2.75, 3.05) is 5.32 Å². The molecule has 0 radical (unpaired) electrons. The lowest BCUT2D eigenvalue weighted by Gasteiger charge is -2.18. The van der Waals surface area contributed by atoms with Crippen LogP contribution in [0.15, 0.2) is 29.3 Å². The van der Waals surface area contributed by atoms with E-state index >= 15 is 0 Å². The number of anilines is 1. The lowest BCUT2D eigenvalue weighted by atomic mass is 10.1. The molecule has 2 aromatic rings. The summed E-state index contributed by atoms with van der Waals surface area (Å²) in [6.45, 7) is 4.19. The summed E-state index contributed by atoms with van der Waals surface area (Å²) in [5.74, 6) is 0.247. The predicted molar refractivity (Wildman–Crippen MR) is 95.2 cm³/mol. The molecule has 7 heteroatoms. The lowest BCUT2D eigenvalue weighted by Crippen LogP contribution is -2.23. The van der Waals surface area contributed by atoms with Crippen LogP contribution in [0.4, 0.5) is 5.69 Å². The van der Waals surface area contributed by atoms with Crippen molar-refractivity contribution in [3.63, 3.8) is 0 Å². The Kier molecular flexibility index (Phi) is 4.74. The molecule has 0 aliphatic carbocycles. The Morgan fingerprint density at radius 3 is 3.00 bits per heavy atom. The summed E-state index contributed by atoms with van der Waals surface area (Å²) in [6, 6.07) is 7.29. The third kappa shape index (κ3) is 3.50. The Morgan fingerprint density at radius 1 is 1.48 bits per heavy atom. The molecule has 3 rings (SSSR count). The number of amidine groups is 1. The number of aliphatic imine (C=N–C) groups is 1. The number of aromatic nitrogens is 2. The highest BCUT2D eigenvalue weighted by molar-refractivity contribution is 6.09. The highest BCUT2D eigenvalue weighted by Crippen LogP contribution is 2.27. The number of nitrogens with one attached hydrogen (secondary N) is 1. The van der Waals surface area contributed by atoms with Gasteiger partial charge in [0.05, 0.1) is 23.6 Å². The van der Waals surface area contributed by atoms with E-state index in [9.17, 15) is 4.79 Å². The Morgan fingerprint density at radius 2 is 2.28 bits per heavy atom. The minimum Gasteiger partial charge on any atom is -0.479 e. The van der Waals surface area contributed by atoms with Crippen LogP contribution in [0.3, 0.4) is 0 Å². The molecule has 2 N–H and O–H groups in total. The molecule has 1 atom stereocenters. The number of hydrogen-bond acceptors (Lipinski definition) is 5. The topological polar surface area (TPSA) is 88.7 Å². The van der Waals surface area contributed by atoms with Crippen LogP contribution < -0.4 is 10.1 Å². The van der Waals surface area contributed by atoms with Crippen molar-refractivity contribution in [2.45, 2.75) is 39.3 Å². The molecular weight excluding hydrogens is 320 g/mol. The van der Waals surface area contributed by atoms with Crippen molar-refractivity contribution in [1.29, 1.82) is 0 Å². The highest BCUT2D eigenvalue weighted by Gasteiger charge is 2.21. The van der Waals surface area contributed by atoms with Gasteiger partial charge in [-0.3, -0.25) is 9.67 Å². The number of carbonyl (C=O) groups is 1. The molecule has 1 aromatic carbocycles. The van der Waals surface area contributed by atoms with E-state index in [0.717, 1.165) is 41.3 Å². The van der Waals surface area contributed by atoms with E-state index in [-0.39, 0.29) is 0 Å². The van der Waals surface area contributed by atoms with Crippen molar-refractivity contribution in [3.8, 4) is 5.75 Å². The van der Waals surface area contributed by atoms with E-state index < -0.39 is 12.1 Å². The van der Waals surface area contributed by atoms with E-state index in [4.69, 9.17) is 9.84 Å². The SMILES string of the molecule is CCCc1nn(C)c2c1NC(c1cccc(OC(C)C(=O)O)c1)=NC2. The standard InChI is InChI=1S/C18H22N4O3/c1-4-6-14-16-15(22(3)21-14)10-19-17(20-16)12-7-5-8-13(9-12)25-11(2)18(23)24/h5,7-9,11H,4,6,10H2,1-3H3,(H,19,20)(H,23,24). The zero-order chi connectivity index (χ0) is 18.0. The Hall–Kier alpha value is -2.83. The Balaban J connectivity index is 1.84. The van der Waals surface area contributed by atoms with Crippen LogP contribution in [0.1, 0.15) is 37.2 Å². The third-order valence-electron chi connectivity index (χ3n) is 4.12. The Labute approximate surface area is 146 Å². The van der Waals surface area contributed by atoms with Crippen LogP contribution in [0, 0.1) is 0 Å². The number of aryl methyl sites for hydroxylation is 2. The first-order valence-electron chi connectivity index (χ1n) is 8.35. The maximum atomic E-state index is 11.0. The number of aliphatic carboxylic acids is 1. The van der Waals surface area contributed by atoms with Crippen LogP contribution >= 0.6 is 0 Å². The molecule has 1 aliphatic heterocycles. The van der Waals surface area contributed by atoms with Crippen molar-refractivity contribution >= 4 is 17.5 Å².